The predicted octanol–water partition coefficient (Wildman–Crippen LogP) is 4.40. The molecule has 1 amide bonds. The van der Waals surface area contributed by atoms with Gasteiger partial charge in [-0.2, -0.15) is 8.78 Å². The third-order valence-electron chi connectivity index (χ3n) is 4.15. The molecule has 0 bridgehead atoms. The number of thioether (sulfide) groups is 1. The summed E-state index contributed by atoms with van der Waals surface area (Å²) in [4.78, 5) is 17.3. The topological polar surface area (TPSA) is 65.4 Å². The summed E-state index contributed by atoms with van der Waals surface area (Å²) in [6.45, 7) is -0.136. The van der Waals surface area contributed by atoms with E-state index in [1.54, 1.807) is 26.2 Å². The molecule has 1 atom stereocenters. The van der Waals surface area contributed by atoms with Crippen LogP contribution in [0.2, 0.25) is 0 Å². The van der Waals surface area contributed by atoms with Gasteiger partial charge in [0.25, 0.3) is 0 Å². The van der Waals surface area contributed by atoms with Crippen LogP contribution in [0, 0.1) is 0 Å². The Morgan fingerprint density at radius 2 is 1.93 bits per heavy atom. The lowest BCUT2D eigenvalue weighted by molar-refractivity contribution is -0.115. The van der Waals surface area contributed by atoms with Gasteiger partial charge < -0.3 is 19.4 Å². The minimum Gasteiger partial charge on any atom is -0.433 e. The zero-order valence-electron chi connectivity index (χ0n) is 16.0. The van der Waals surface area contributed by atoms with E-state index in [9.17, 15) is 13.6 Å². The Hall–Kier alpha value is -2.65. The van der Waals surface area contributed by atoms with E-state index in [-0.39, 0.29) is 17.3 Å². The molecule has 1 heterocycles. The number of fused-ring (bicyclic) bond motifs is 1. The van der Waals surface area contributed by atoms with Crippen LogP contribution in [0.3, 0.4) is 0 Å². The number of alkyl halides is 2. The molecule has 0 radical (unpaired) electrons. The van der Waals surface area contributed by atoms with Crippen LogP contribution in [0.25, 0.3) is 11.0 Å². The number of imidazole rings is 1. The Balaban J connectivity index is 1.77. The summed E-state index contributed by atoms with van der Waals surface area (Å²) >= 11 is 1.29. The number of carbonyl (C=O) groups excluding carboxylic acids is 1. The van der Waals surface area contributed by atoms with Crippen LogP contribution < -0.4 is 10.1 Å². The number of anilines is 1. The predicted molar refractivity (Wildman–Crippen MR) is 109 cm³/mol. The van der Waals surface area contributed by atoms with E-state index in [0.717, 1.165) is 11.0 Å². The van der Waals surface area contributed by atoms with E-state index in [1.807, 2.05) is 28.8 Å². The number of benzene rings is 2. The molecule has 3 rings (SSSR count). The van der Waals surface area contributed by atoms with Crippen molar-refractivity contribution in [2.24, 2.45) is 0 Å². The molecular formula is C20H21F2N3O3S. The van der Waals surface area contributed by atoms with E-state index in [4.69, 9.17) is 4.74 Å². The van der Waals surface area contributed by atoms with Crippen LogP contribution in [-0.4, -0.2) is 41.0 Å². The van der Waals surface area contributed by atoms with E-state index < -0.39 is 11.9 Å². The molecule has 29 heavy (non-hydrogen) atoms. The van der Waals surface area contributed by atoms with Gasteiger partial charge in [-0.3, -0.25) is 4.79 Å². The molecule has 0 fully saturated rings. The highest BCUT2D eigenvalue weighted by atomic mass is 32.2. The number of carbonyl (C=O) groups is 1. The van der Waals surface area contributed by atoms with Crippen molar-refractivity contribution in [1.82, 2.24) is 9.55 Å². The number of aromatic nitrogens is 2. The van der Waals surface area contributed by atoms with Gasteiger partial charge in [0.2, 0.25) is 5.91 Å². The average molecular weight is 421 g/mol. The van der Waals surface area contributed by atoms with Crippen molar-refractivity contribution >= 4 is 34.4 Å². The van der Waals surface area contributed by atoms with Gasteiger partial charge in [-0.05, 0) is 31.2 Å². The summed E-state index contributed by atoms with van der Waals surface area (Å²) in [6, 6.07) is 13.8. The standard InChI is InChI=1S/C20H21F2N3O3S/c1-13(18(26)23-15-8-4-6-10-17(15)28-19(21)22)29-20-24-14-7-3-5-9-16(14)25(20)11-12-27-2/h3-10,13,19H,11-12H2,1-2H3,(H,23,26). The molecule has 6 nitrogen and oxygen atoms in total. The van der Waals surface area contributed by atoms with Crippen LogP contribution >= 0.6 is 11.8 Å². The minimum atomic E-state index is -2.97. The summed E-state index contributed by atoms with van der Waals surface area (Å²) in [5.74, 6) is -0.425. The lowest BCUT2D eigenvalue weighted by atomic mass is 10.3. The number of ether oxygens (including phenoxy) is 2. The first-order valence-corrected chi connectivity index (χ1v) is 9.83. The third-order valence-corrected chi connectivity index (χ3v) is 5.24. The van der Waals surface area contributed by atoms with Crippen LogP contribution in [0.4, 0.5) is 14.5 Å². The molecule has 0 saturated heterocycles. The van der Waals surface area contributed by atoms with E-state index >= 15 is 0 Å². The van der Waals surface area contributed by atoms with Crippen LogP contribution in [0.15, 0.2) is 53.7 Å². The largest absolute Gasteiger partial charge is 0.433 e. The molecule has 1 unspecified atom stereocenters. The van der Waals surface area contributed by atoms with Gasteiger partial charge >= 0.3 is 6.61 Å². The first kappa shape index (κ1) is 21.1. The SMILES string of the molecule is COCCn1c(SC(C)C(=O)Nc2ccccc2OC(F)F)nc2ccccc21. The average Bonchev–Trinajstić information content (AvgIpc) is 3.04. The molecule has 0 saturated carbocycles. The maximum Gasteiger partial charge on any atom is 0.387 e. The highest BCUT2D eigenvalue weighted by Gasteiger charge is 2.21. The highest BCUT2D eigenvalue weighted by molar-refractivity contribution is 8.00. The van der Waals surface area contributed by atoms with Crippen molar-refractivity contribution < 1.29 is 23.0 Å². The fraction of sp³-hybridized carbons (Fsp3) is 0.300. The summed E-state index contributed by atoms with van der Waals surface area (Å²) in [5.41, 5.74) is 1.97. The number of hydrogen-bond donors (Lipinski definition) is 1. The lowest BCUT2D eigenvalue weighted by Crippen LogP contribution is -2.23. The molecule has 1 N–H and O–H groups in total. The Labute approximate surface area is 171 Å². The second-order valence-corrected chi connectivity index (χ2v) is 7.46. The Morgan fingerprint density at radius 3 is 2.69 bits per heavy atom. The fourth-order valence-corrected chi connectivity index (χ4v) is 3.71. The molecule has 3 aromatic rings. The molecular weight excluding hydrogens is 400 g/mol. The van der Waals surface area contributed by atoms with Crippen LogP contribution in [0.5, 0.6) is 5.75 Å². The third kappa shape index (κ3) is 5.24. The van der Waals surface area contributed by atoms with E-state index in [1.165, 1.54) is 23.9 Å². The zero-order valence-corrected chi connectivity index (χ0v) is 16.8. The summed E-state index contributed by atoms with van der Waals surface area (Å²) in [7, 11) is 1.63. The molecule has 0 aliphatic carbocycles. The number of methoxy groups -OCH3 is 1. The van der Waals surface area contributed by atoms with Gasteiger partial charge in [-0.25, -0.2) is 4.98 Å². The van der Waals surface area contributed by atoms with Gasteiger partial charge in [-0.15, -0.1) is 0 Å². The van der Waals surface area contributed by atoms with Crippen LogP contribution in [-0.2, 0) is 16.1 Å². The van der Waals surface area contributed by atoms with Gasteiger partial charge in [0.1, 0.15) is 5.75 Å². The summed E-state index contributed by atoms with van der Waals surface area (Å²) in [5, 5.41) is 2.82. The van der Waals surface area contributed by atoms with Crippen molar-refractivity contribution in [3.63, 3.8) is 0 Å². The number of nitrogens with one attached hydrogen (secondary N) is 1. The van der Waals surface area contributed by atoms with Crippen molar-refractivity contribution in [3.8, 4) is 5.75 Å². The summed E-state index contributed by atoms with van der Waals surface area (Å²) < 4.78 is 36.8. The zero-order chi connectivity index (χ0) is 20.8. The number of para-hydroxylation sites is 4. The number of hydrogen-bond acceptors (Lipinski definition) is 5. The van der Waals surface area contributed by atoms with Gasteiger partial charge in [-0.1, -0.05) is 36.0 Å². The van der Waals surface area contributed by atoms with Gasteiger partial charge in [0, 0.05) is 13.7 Å². The normalized spacial score (nSPS) is 12.3. The first-order valence-electron chi connectivity index (χ1n) is 8.95. The minimum absolute atomic E-state index is 0.0830. The fourth-order valence-electron chi connectivity index (χ4n) is 2.76. The molecule has 1 aromatic heterocycles. The van der Waals surface area contributed by atoms with Crippen molar-refractivity contribution in [1.29, 1.82) is 0 Å². The lowest BCUT2D eigenvalue weighted by Gasteiger charge is -2.15. The maximum atomic E-state index is 12.7. The molecule has 9 heteroatoms. The van der Waals surface area contributed by atoms with Crippen molar-refractivity contribution in [2.45, 2.75) is 30.5 Å². The van der Waals surface area contributed by atoms with Gasteiger partial charge in [0.05, 0.1) is 28.6 Å². The number of nitrogens with zero attached hydrogens (tertiary/aromatic N) is 2. The summed E-state index contributed by atoms with van der Waals surface area (Å²) in [6.07, 6.45) is 0. The molecule has 0 spiro atoms. The smallest absolute Gasteiger partial charge is 0.387 e. The number of halogens is 2. The highest BCUT2D eigenvalue weighted by Crippen LogP contribution is 2.30. The molecule has 0 aliphatic heterocycles. The number of rotatable bonds is 9. The van der Waals surface area contributed by atoms with Crippen LogP contribution in [0.1, 0.15) is 6.92 Å². The van der Waals surface area contributed by atoms with E-state index in [0.29, 0.717) is 18.3 Å². The molecule has 154 valence electrons. The monoisotopic (exact) mass is 421 g/mol. The Morgan fingerprint density at radius 1 is 1.21 bits per heavy atom. The van der Waals surface area contributed by atoms with Gasteiger partial charge in [0.15, 0.2) is 5.16 Å². The molecule has 2 aromatic carbocycles. The quantitative estimate of drug-likeness (QED) is 0.519. The first-order chi connectivity index (χ1) is 14.0. The second-order valence-electron chi connectivity index (χ2n) is 6.15. The van der Waals surface area contributed by atoms with Crippen molar-refractivity contribution in [3.05, 3.63) is 48.5 Å². The van der Waals surface area contributed by atoms with E-state index in [2.05, 4.69) is 15.0 Å². The molecule has 0 aliphatic rings. The Kier molecular flexibility index (Phi) is 7.05. The second kappa shape index (κ2) is 9.71. The number of amides is 1. The Bertz CT molecular complexity index is 981. The van der Waals surface area contributed by atoms with Crippen molar-refractivity contribution in [2.75, 3.05) is 19.0 Å². The maximum absolute atomic E-state index is 12.7.